The molecule has 1 aromatic carbocycles. The minimum Gasteiger partial charge on any atom is -0.346 e. The molecule has 1 atom stereocenters. The maximum atomic E-state index is 12.9. The van der Waals surface area contributed by atoms with Crippen LogP contribution in [0.2, 0.25) is 0 Å². The van der Waals surface area contributed by atoms with Crippen molar-refractivity contribution >= 4 is 28.3 Å². The lowest BCUT2D eigenvalue weighted by atomic mass is 10.0. The summed E-state index contributed by atoms with van der Waals surface area (Å²) in [6, 6.07) is 15.5. The number of hydrogen-bond acceptors (Lipinski definition) is 4. The molecule has 6 heteroatoms. The van der Waals surface area contributed by atoms with Crippen LogP contribution >= 0.6 is 11.3 Å². The van der Waals surface area contributed by atoms with Gasteiger partial charge in [0.25, 0.3) is 5.91 Å². The van der Waals surface area contributed by atoms with E-state index in [1.165, 1.54) is 0 Å². The van der Waals surface area contributed by atoms with Crippen LogP contribution in [0.5, 0.6) is 0 Å². The number of carbonyl (C=O) groups excluding carboxylic acids is 1. The lowest BCUT2D eigenvalue weighted by Crippen LogP contribution is -2.33. The maximum Gasteiger partial charge on any atom is 0.252 e. The SMILES string of the molecule is NC[C@@H](NC(=O)c1ccsc1Cc1ccnc2[nH]ccc12)c1ccccc1. The van der Waals surface area contributed by atoms with Gasteiger partial charge in [-0.2, -0.15) is 0 Å². The second kappa shape index (κ2) is 7.73. The van der Waals surface area contributed by atoms with Gasteiger partial charge in [-0.25, -0.2) is 4.98 Å². The smallest absolute Gasteiger partial charge is 0.252 e. The monoisotopic (exact) mass is 376 g/mol. The molecule has 1 amide bonds. The first-order chi connectivity index (χ1) is 13.3. The molecule has 4 aromatic rings. The van der Waals surface area contributed by atoms with Gasteiger partial charge < -0.3 is 16.0 Å². The number of pyridine rings is 1. The first-order valence-corrected chi connectivity index (χ1v) is 9.67. The number of amides is 1. The number of hydrogen-bond donors (Lipinski definition) is 3. The van der Waals surface area contributed by atoms with E-state index in [-0.39, 0.29) is 11.9 Å². The molecule has 0 aliphatic rings. The fourth-order valence-electron chi connectivity index (χ4n) is 3.22. The van der Waals surface area contributed by atoms with Crippen molar-refractivity contribution in [3.05, 3.63) is 87.9 Å². The van der Waals surface area contributed by atoms with E-state index in [4.69, 9.17) is 5.73 Å². The Morgan fingerprint density at radius 2 is 2.04 bits per heavy atom. The highest BCUT2D eigenvalue weighted by Crippen LogP contribution is 2.25. The normalized spacial score (nSPS) is 12.2. The molecular weight excluding hydrogens is 356 g/mol. The minimum atomic E-state index is -0.205. The van der Waals surface area contributed by atoms with Gasteiger partial charge in [0.05, 0.1) is 11.6 Å². The van der Waals surface area contributed by atoms with Crippen molar-refractivity contribution in [1.82, 2.24) is 15.3 Å². The summed E-state index contributed by atoms with van der Waals surface area (Å²) in [5.74, 6) is -0.0927. The molecule has 136 valence electrons. The molecule has 4 N–H and O–H groups in total. The summed E-state index contributed by atoms with van der Waals surface area (Å²) in [7, 11) is 0. The van der Waals surface area contributed by atoms with Gasteiger partial charge in [-0.15, -0.1) is 11.3 Å². The number of nitrogens with two attached hydrogens (primary N) is 1. The zero-order valence-corrected chi connectivity index (χ0v) is 15.5. The molecule has 0 unspecified atom stereocenters. The lowest BCUT2D eigenvalue weighted by molar-refractivity contribution is 0.0937. The summed E-state index contributed by atoms with van der Waals surface area (Å²) in [5.41, 5.74) is 9.62. The van der Waals surface area contributed by atoms with Crippen molar-refractivity contribution in [1.29, 1.82) is 0 Å². The molecule has 0 aliphatic carbocycles. The molecule has 3 aromatic heterocycles. The standard InChI is InChI=1S/C21H20N4OS/c22-13-18(14-4-2-1-3-5-14)25-21(26)17-8-11-27-19(17)12-15-6-9-23-20-16(15)7-10-24-20/h1-11,18H,12-13,22H2,(H,23,24)(H,25,26)/t18-/m1/s1. The highest BCUT2D eigenvalue weighted by molar-refractivity contribution is 7.10. The van der Waals surface area contributed by atoms with Crippen molar-refractivity contribution in [3.8, 4) is 0 Å². The Morgan fingerprint density at radius 3 is 2.85 bits per heavy atom. The molecule has 0 bridgehead atoms. The van der Waals surface area contributed by atoms with Crippen LogP contribution in [0.15, 0.2) is 66.3 Å². The van der Waals surface area contributed by atoms with E-state index in [2.05, 4.69) is 15.3 Å². The van der Waals surface area contributed by atoms with Crippen LogP contribution in [0, 0.1) is 0 Å². The quantitative estimate of drug-likeness (QED) is 0.480. The molecule has 4 rings (SSSR count). The molecule has 3 heterocycles. The number of aromatic nitrogens is 2. The summed E-state index contributed by atoms with van der Waals surface area (Å²) in [4.78, 5) is 21.4. The first-order valence-electron chi connectivity index (χ1n) is 8.79. The zero-order valence-electron chi connectivity index (χ0n) is 14.7. The van der Waals surface area contributed by atoms with Crippen molar-refractivity contribution in [2.24, 2.45) is 5.73 Å². The number of fused-ring (bicyclic) bond motifs is 1. The number of aromatic amines is 1. The van der Waals surface area contributed by atoms with Crippen LogP contribution in [-0.4, -0.2) is 22.4 Å². The van der Waals surface area contributed by atoms with Gasteiger partial charge in [0.1, 0.15) is 5.65 Å². The summed E-state index contributed by atoms with van der Waals surface area (Å²) in [5, 5.41) is 6.11. The number of rotatable bonds is 6. The third kappa shape index (κ3) is 3.63. The second-order valence-electron chi connectivity index (χ2n) is 6.32. The van der Waals surface area contributed by atoms with Crippen LogP contribution in [-0.2, 0) is 6.42 Å². The topological polar surface area (TPSA) is 83.8 Å². The van der Waals surface area contributed by atoms with E-state index in [9.17, 15) is 4.79 Å². The van der Waals surface area contributed by atoms with E-state index < -0.39 is 0 Å². The average Bonchev–Trinajstić information content (AvgIpc) is 3.36. The van der Waals surface area contributed by atoms with Crippen molar-refractivity contribution in [3.63, 3.8) is 0 Å². The Balaban J connectivity index is 1.56. The number of nitrogens with one attached hydrogen (secondary N) is 2. The van der Waals surface area contributed by atoms with E-state index in [1.807, 2.05) is 60.1 Å². The third-order valence-electron chi connectivity index (χ3n) is 4.63. The van der Waals surface area contributed by atoms with Gasteiger partial charge in [-0.1, -0.05) is 30.3 Å². The predicted octanol–water partition coefficient (Wildman–Crippen LogP) is 3.65. The number of H-pyrrole nitrogens is 1. The predicted molar refractivity (Wildman–Crippen MR) is 109 cm³/mol. The minimum absolute atomic E-state index is 0.0927. The Labute approximate surface area is 161 Å². The fraction of sp³-hybridized carbons (Fsp3) is 0.143. The Morgan fingerprint density at radius 1 is 1.19 bits per heavy atom. The largest absolute Gasteiger partial charge is 0.346 e. The van der Waals surface area contributed by atoms with E-state index in [1.54, 1.807) is 17.5 Å². The summed E-state index contributed by atoms with van der Waals surface area (Å²) < 4.78 is 0. The van der Waals surface area contributed by atoms with Gasteiger partial charge in [-0.3, -0.25) is 4.79 Å². The fourth-order valence-corrected chi connectivity index (χ4v) is 4.12. The van der Waals surface area contributed by atoms with Crippen LogP contribution in [0.3, 0.4) is 0 Å². The van der Waals surface area contributed by atoms with Crippen LogP contribution in [0.4, 0.5) is 0 Å². The molecule has 0 radical (unpaired) electrons. The van der Waals surface area contributed by atoms with Crippen molar-refractivity contribution in [2.75, 3.05) is 6.54 Å². The van der Waals surface area contributed by atoms with Gasteiger partial charge >= 0.3 is 0 Å². The number of benzene rings is 1. The van der Waals surface area contributed by atoms with Gasteiger partial charge in [0.15, 0.2) is 0 Å². The summed E-state index contributed by atoms with van der Waals surface area (Å²) in [6.07, 6.45) is 4.37. The Hall–Kier alpha value is -2.96. The first kappa shape index (κ1) is 17.5. The molecular formula is C21H20N4OS. The van der Waals surface area contributed by atoms with Gasteiger partial charge in [-0.05, 0) is 34.7 Å². The van der Waals surface area contributed by atoms with Crippen molar-refractivity contribution in [2.45, 2.75) is 12.5 Å². The summed E-state index contributed by atoms with van der Waals surface area (Å²) in [6.45, 7) is 0.351. The lowest BCUT2D eigenvalue weighted by Gasteiger charge is -2.17. The van der Waals surface area contributed by atoms with E-state index in [0.29, 0.717) is 18.5 Å². The van der Waals surface area contributed by atoms with Gasteiger partial charge in [0.2, 0.25) is 0 Å². The van der Waals surface area contributed by atoms with Crippen LogP contribution in [0.25, 0.3) is 11.0 Å². The molecule has 0 saturated carbocycles. The number of carbonyl (C=O) groups is 1. The molecule has 27 heavy (non-hydrogen) atoms. The average molecular weight is 376 g/mol. The molecule has 0 fully saturated rings. The Kier molecular flexibility index (Phi) is 5.00. The molecule has 0 saturated heterocycles. The van der Waals surface area contributed by atoms with Crippen LogP contribution in [0.1, 0.15) is 32.4 Å². The summed E-state index contributed by atoms with van der Waals surface area (Å²) >= 11 is 1.59. The number of nitrogens with zero attached hydrogens (tertiary/aromatic N) is 1. The van der Waals surface area contributed by atoms with Crippen molar-refractivity contribution < 1.29 is 4.79 Å². The second-order valence-corrected chi connectivity index (χ2v) is 7.32. The molecule has 0 aliphatic heterocycles. The van der Waals surface area contributed by atoms with Gasteiger partial charge in [0, 0.05) is 35.6 Å². The number of thiophene rings is 1. The third-order valence-corrected chi connectivity index (χ3v) is 5.56. The molecule has 0 spiro atoms. The van der Waals surface area contributed by atoms with Crippen LogP contribution < -0.4 is 11.1 Å². The highest BCUT2D eigenvalue weighted by atomic mass is 32.1. The van der Waals surface area contributed by atoms with E-state index in [0.717, 1.165) is 27.0 Å². The zero-order chi connectivity index (χ0) is 18.6. The van der Waals surface area contributed by atoms with E-state index >= 15 is 0 Å². The molecule has 5 nitrogen and oxygen atoms in total. The highest BCUT2D eigenvalue weighted by Gasteiger charge is 2.18. The maximum absolute atomic E-state index is 12.9. The Bertz CT molecular complexity index is 1050.